The Morgan fingerprint density at radius 2 is 2.06 bits per heavy atom. The second-order valence-electron chi connectivity index (χ2n) is 3.54. The molecule has 0 unspecified atom stereocenters. The van der Waals surface area contributed by atoms with Crippen molar-refractivity contribution < 1.29 is 14.3 Å². The molecule has 0 aliphatic carbocycles. The van der Waals surface area contributed by atoms with E-state index in [4.69, 9.17) is 9.47 Å². The van der Waals surface area contributed by atoms with Crippen LogP contribution in [0.5, 0.6) is 11.5 Å². The fourth-order valence-corrected chi connectivity index (χ4v) is 1.50. The van der Waals surface area contributed by atoms with E-state index in [2.05, 4.69) is 17.2 Å². The molecule has 0 atom stereocenters. The summed E-state index contributed by atoms with van der Waals surface area (Å²) in [4.78, 5) is 11.1. The highest BCUT2D eigenvalue weighted by atomic mass is 16.5. The summed E-state index contributed by atoms with van der Waals surface area (Å²) in [7, 11) is 3.19. The highest BCUT2D eigenvalue weighted by Gasteiger charge is 2.04. The van der Waals surface area contributed by atoms with Gasteiger partial charge in [-0.3, -0.25) is 0 Å². The molecule has 2 amide bonds. The highest BCUT2D eigenvalue weighted by molar-refractivity contribution is 5.74. The topological polar surface area (TPSA) is 59.6 Å². The lowest BCUT2D eigenvalue weighted by atomic mass is 10.1. The van der Waals surface area contributed by atoms with Crippen LogP contribution >= 0.6 is 0 Å². The summed E-state index contributed by atoms with van der Waals surface area (Å²) in [5, 5.41) is 5.15. The maximum Gasteiger partial charge on any atom is 0.318 e. The summed E-state index contributed by atoms with van der Waals surface area (Å²) >= 11 is 0. The molecule has 1 rings (SSSR count). The van der Waals surface area contributed by atoms with Crippen LogP contribution in [0.15, 0.2) is 31.0 Å². The zero-order valence-electron chi connectivity index (χ0n) is 10.7. The first-order valence-electron chi connectivity index (χ1n) is 5.57. The van der Waals surface area contributed by atoms with Crippen LogP contribution < -0.4 is 20.1 Å². The molecule has 0 aliphatic rings. The molecule has 18 heavy (non-hydrogen) atoms. The third-order valence-corrected chi connectivity index (χ3v) is 2.38. The third-order valence-electron chi connectivity index (χ3n) is 2.38. The number of hydrogen-bond donors (Lipinski definition) is 2. The Bertz CT molecular complexity index is 419. The molecule has 1 aromatic carbocycles. The van der Waals surface area contributed by atoms with E-state index in [1.807, 2.05) is 18.2 Å². The van der Waals surface area contributed by atoms with Crippen LogP contribution in [0.1, 0.15) is 5.56 Å². The molecule has 5 heteroatoms. The summed E-state index contributed by atoms with van der Waals surface area (Å²) in [6.07, 6.45) is 2.05. The fourth-order valence-electron chi connectivity index (χ4n) is 1.50. The van der Waals surface area contributed by atoms with Gasteiger partial charge in [0.05, 0.1) is 14.2 Å². The molecule has 5 nitrogen and oxygen atoms in total. The Morgan fingerprint density at radius 3 is 2.67 bits per heavy atom. The van der Waals surface area contributed by atoms with E-state index in [0.717, 1.165) is 5.56 Å². The molecule has 0 aliphatic heterocycles. The number of urea groups is 1. The van der Waals surface area contributed by atoms with E-state index in [1.54, 1.807) is 14.2 Å². The first kappa shape index (κ1) is 13.9. The van der Waals surface area contributed by atoms with Gasteiger partial charge in [-0.1, -0.05) is 12.6 Å². The summed E-state index contributed by atoms with van der Waals surface area (Å²) in [6.45, 7) is 3.94. The summed E-state index contributed by atoms with van der Waals surface area (Å²) < 4.78 is 10.4. The molecular weight excluding hydrogens is 232 g/mol. The second kappa shape index (κ2) is 7.21. The average Bonchev–Trinajstić information content (AvgIpc) is 2.38. The van der Waals surface area contributed by atoms with Crippen LogP contribution in [0.2, 0.25) is 0 Å². The monoisotopic (exact) mass is 250 g/mol. The smallest absolute Gasteiger partial charge is 0.318 e. The Hall–Kier alpha value is -2.17. The van der Waals surface area contributed by atoms with Gasteiger partial charge in [0, 0.05) is 6.54 Å². The Morgan fingerprint density at radius 1 is 1.33 bits per heavy atom. The second-order valence-corrected chi connectivity index (χ2v) is 3.54. The molecule has 98 valence electrons. The summed E-state index contributed by atoms with van der Waals surface area (Å²) in [6, 6.07) is 5.42. The van der Waals surface area contributed by atoms with Crippen LogP contribution in [-0.4, -0.2) is 26.8 Å². The lowest BCUT2D eigenvalue weighted by Gasteiger charge is -2.10. The Kier molecular flexibility index (Phi) is 5.57. The van der Waals surface area contributed by atoms with Crippen LogP contribution in [0.25, 0.3) is 0 Å². The van der Waals surface area contributed by atoms with E-state index in [-0.39, 0.29) is 6.03 Å². The van der Waals surface area contributed by atoms with Crippen LogP contribution in [0, 0.1) is 0 Å². The molecule has 0 saturated carbocycles. The lowest BCUT2D eigenvalue weighted by Crippen LogP contribution is -2.33. The first-order chi connectivity index (χ1) is 8.71. The maximum absolute atomic E-state index is 11.1. The SMILES string of the molecule is C=CNC(=O)NCCc1ccc(OC)c(OC)c1. The molecule has 1 aromatic rings. The minimum Gasteiger partial charge on any atom is -0.493 e. The number of nitrogens with one attached hydrogen (secondary N) is 2. The minimum atomic E-state index is -0.259. The number of methoxy groups -OCH3 is 2. The number of ether oxygens (including phenoxy) is 2. The molecule has 2 N–H and O–H groups in total. The summed E-state index contributed by atoms with van der Waals surface area (Å²) in [5.74, 6) is 1.38. The van der Waals surface area contributed by atoms with E-state index >= 15 is 0 Å². The van der Waals surface area contributed by atoms with Crippen molar-refractivity contribution in [1.29, 1.82) is 0 Å². The van der Waals surface area contributed by atoms with Crippen molar-refractivity contribution in [2.45, 2.75) is 6.42 Å². The summed E-state index contributed by atoms with van der Waals surface area (Å²) in [5.41, 5.74) is 1.06. The molecule has 0 heterocycles. The largest absolute Gasteiger partial charge is 0.493 e. The zero-order chi connectivity index (χ0) is 13.4. The first-order valence-corrected chi connectivity index (χ1v) is 5.57. The van der Waals surface area contributed by atoms with Crippen LogP contribution in [-0.2, 0) is 6.42 Å². The van der Waals surface area contributed by atoms with Gasteiger partial charge in [-0.2, -0.15) is 0 Å². The van der Waals surface area contributed by atoms with Gasteiger partial charge in [-0.05, 0) is 30.3 Å². The van der Waals surface area contributed by atoms with Gasteiger partial charge in [0.25, 0.3) is 0 Å². The Balaban J connectivity index is 2.52. The molecule has 0 bridgehead atoms. The quantitative estimate of drug-likeness (QED) is 0.807. The van der Waals surface area contributed by atoms with Gasteiger partial charge < -0.3 is 20.1 Å². The van der Waals surface area contributed by atoms with Gasteiger partial charge in [0.15, 0.2) is 11.5 Å². The number of rotatable bonds is 6. The molecule has 0 saturated heterocycles. The predicted molar refractivity (Wildman–Crippen MR) is 70.0 cm³/mol. The van der Waals surface area contributed by atoms with E-state index in [0.29, 0.717) is 24.5 Å². The van der Waals surface area contributed by atoms with Crippen molar-refractivity contribution in [2.75, 3.05) is 20.8 Å². The average molecular weight is 250 g/mol. The van der Waals surface area contributed by atoms with Crippen LogP contribution in [0.3, 0.4) is 0 Å². The maximum atomic E-state index is 11.1. The number of carbonyl (C=O) groups is 1. The highest BCUT2D eigenvalue weighted by Crippen LogP contribution is 2.27. The standard InChI is InChI=1S/C13H18N2O3/c1-4-14-13(16)15-8-7-10-5-6-11(17-2)12(9-10)18-3/h4-6,9H,1,7-8H2,2-3H3,(H2,14,15,16). The van der Waals surface area contributed by atoms with Gasteiger partial charge in [0.2, 0.25) is 0 Å². The van der Waals surface area contributed by atoms with E-state index in [1.165, 1.54) is 6.20 Å². The Labute approximate surface area is 107 Å². The molecule has 0 fully saturated rings. The molecule has 0 aromatic heterocycles. The number of benzene rings is 1. The van der Waals surface area contributed by atoms with Crippen molar-refractivity contribution in [3.63, 3.8) is 0 Å². The number of carbonyl (C=O) groups excluding carboxylic acids is 1. The molecule has 0 radical (unpaired) electrons. The van der Waals surface area contributed by atoms with Crippen molar-refractivity contribution in [3.8, 4) is 11.5 Å². The number of hydrogen-bond acceptors (Lipinski definition) is 3. The zero-order valence-corrected chi connectivity index (χ0v) is 10.7. The van der Waals surface area contributed by atoms with Gasteiger partial charge in [-0.25, -0.2) is 4.79 Å². The fraction of sp³-hybridized carbons (Fsp3) is 0.308. The van der Waals surface area contributed by atoms with Crippen molar-refractivity contribution >= 4 is 6.03 Å². The van der Waals surface area contributed by atoms with Gasteiger partial charge in [0.1, 0.15) is 0 Å². The van der Waals surface area contributed by atoms with Crippen molar-refractivity contribution in [3.05, 3.63) is 36.5 Å². The van der Waals surface area contributed by atoms with E-state index < -0.39 is 0 Å². The van der Waals surface area contributed by atoms with Crippen molar-refractivity contribution in [2.24, 2.45) is 0 Å². The van der Waals surface area contributed by atoms with Crippen molar-refractivity contribution in [1.82, 2.24) is 10.6 Å². The predicted octanol–water partition coefficient (Wildman–Crippen LogP) is 1.69. The minimum absolute atomic E-state index is 0.259. The van der Waals surface area contributed by atoms with Crippen LogP contribution in [0.4, 0.5) is 4.79 Å². The van der Waals surface area contributed by atoms with Gasteiger partial charge in [-0.15, -0.1) is 0 Å². The third kappa shape index (κ3) is 4.01. The normalized spacial score (nSPS) is 9.44. The number of amides is 2. The van der Waals surface area contributed by atoms with E-state index in [9.17, 15) is 4.79 Å². The van der Waals surface area contributed by atoms with Gasteiger partial charge >= 0.3 is 6.03 Å². The molecule has 0 spiro atoms. The lowest BCUT2D eigenvalue weighted by molar-refractivity contribution is 0.244. The molecular formula is C13H18N2O3.